The Balaban J connectivity index is 1.98. The van der Waals surface area contributed by atoms with E-state index in [2.05, 4.69) is 11.8 Å². The van der Waals surface area contributed by atoms with Crippen LogP contribution in [0, 0.1) is 23.7 Å². The molecule has 3 N–H and O–H groups in total. The number of carboxylic acids is 1. The predicted molar refractivity (Wildman–Crippen MR) is 96.2 cm³/mol. The molecule has 6 nitrogen and oxygen atoms in total. The Hall–Kier alpha value is -1.13. The molecule has 1 aliphatic carbocycles. The summed E-state index contributed by atoms with van der Waals surface area (Å²) in [5.41, 5.74) is 0. The van der Waals surface area contributed by atoms with E-state index in [4.69, 9.17) is 9.47 Å². The molecule has 1 heterocycles. The van der Waals surface area contributed by atoms with E-state index in [1.54, 1.807) is 0 Å². The number of aliphatic hydroxyl groups excluding tert-OH is 2. The van der Waals surface area contributed by atoms with Crippen LogP contribution in [-0.2, 0) is 14.3 Å². The molecule has 0 aromatic rings. The van der Waals surface area contributed by atoms with Crippen LogP contribution in [0.3, 0.4) is 0 Å². The molecule has 148 valence electrons. The first-order valence-corrected chi connectivity index (χ1v) is 9.84. The van der Waals surface area contributed by atoms with Gasteiger partial charge in [0.05, 0.1) is 18.6 Å². The van der Waals surface area contributed by atoms with Gasteiger partial charge in [0.2, 0.25) is 0 Å². The minimum atomic E-state index is -0.920. The van der Waals surface area contributed by atoms with E-state index in [1.807, 2.05) is 6.92 Å². The van der Waals surface area contributed by atoms with Crippen LogP contribution in [0.15, 0.2) is 0 Å². The van der Waals surface area contributed by atoms with Crippen molar-refractivity contribution in [3.63, 3.8) is 0 Å². The van der Waals surface area contributed by atoms with Crippen LogP contribution in [0.4, 0.5) is 0 Å². The van der Waals surface area contributed by atoms with Crippen molar-refractivity contribution in [1.29, 1.82) is 0 Å². The zero-order valence-corrected chi connectivity index (χ0v) is 15.6. The van der Waals surface area contributed by atoms with Gasteiger partial charge in [-0.3, -0.25) is 4.79 Å². The minimum absolute atomic E-state index is 0.0885. The monoisotopic (exact) mass is 368 g/mol. The van der Waals surface area contributed by atoms with E-state index in [0.717, 1.165) is 32.1 Å². The van der Waals surface area contributed by atoms with Crippen LogP contribution in [-0.4, -0.2) is 52.5 Å². The van der Waals surface area contributed by atoms with Crippen molar-refractivity contribution in [2.24, 2.45) is 11.8 Å². The van der Waals surface area contributed by atoms with Crippen molar-refractivity contribution in [3.05, 3.63) is 0 Å². The summed E-state index contributed by atoms with van der Waals surface area (Å²) in [6, 6.07) is 0. The zero-order valence-electron chi connectivity index (χ0n) is 15.6. The number of hydrogen-bond donors (Lipinski definition) is 3. The topological polar surface area (TPSA) is 96.2 Å². The quantitative estimate of drug-likeness (QED) is 0.569. The highest BCUT2D eigenvalue weighted by Crippen LogP contribution is 2.41. The summed E-state index contributed by atoms with van der Waals surface area (Å²) in [7, 11) is 0. The normalized spacial score (nSPS) is 32.7. The molecule has 0 spiro atoms. The van der Waals surface area contributed by atoms with Crippen molar-refractivity contribution in [1.82, 2.24) is 0 Å². The molecule has 2 aliphatic rings. The van der Waals surface area contributed by atoms with Gasteiger partial charge in [0.25, 0.3) is 0 Å². The fourth-order valence-corrected chi connectivity index (χ4v) is 3.95. The molecule has 2 unspecified atom stereocenters. The SMILES string of the molecule is CCCC#CC(O)CC[C@H]1[C@H](CC(=O)O)[C@H](O)C[C@@H]1OC1CCCCO1. The molecule has 0 radical (unpaired) electrons. The van der Waals surface area contributed by atoms with Gasteiger partial charge in [0.15, 0.2) is 6.29 Å². The van der Waals surface area contributed by atoms with E-state index in [-0.39, 0.29) is 30.7 Å². The Morgan fingerprint density at radius 3 is 2.81 bits per heavy atom. The first-order valence-electron chi connectivity index (χ1n) is 9.84. The van der Waals surface area contributed by atoms with Crippen molar-refractivity contribution in [2.75, 3.05) is 6.61 Å². The second-order valence-corrected chi connectivity index (χ2v) is 7.36. The van der Waals surface area contributed by atoms with Crippen LogP contribution in [0.2, 0.25) is 0 Å². The number of aliphatic carboxylic acids is 1. The number of carbonyl (C=O) groups is 1. The number of aliphatic hydroxyl groups is 2. The molecular weight excluding hydrogens is 336 g/mol. The summed E-state index contributed by atoms with van der Waals surface area (Å²) >= 11 is 0. The second-order valence-electron chi connectivity index (χ2n) is 7.36. The molecular formula is C20H32O6. The standard InChI is InChI=1S/C20H32O6/c1-2-3-4-7-14(21)9-10-15-16(12-19(23)24)17(22)13-18(15)26-20-8-5-6-11-25-20/h14-18,20-22H,2-3,5-6,8-13H2,1H3,(H,23,24)/t14?,15-,16-,17+,18-,20?/m0/s1. The Labute approximate surface area is 155 Å². The third-order valence-electron chi connectivity index (χ3n) is 5.29. The summed E-state index contributed by atoms with van der Waals surface area (Å²) in [5, 5.41) is 29.6. The summed E-state index contributed by atoms with van der Waals surface area (Å²) < 4.78 is 11.7. The number of unbranched alkanes of at least 4 members (excludes halogenated alkanes) is 1. The molecule has 6 atom stereocenters. The molecule has 0 aromatic carbocycles. The summed E-state index contributed by atoms with van der Waals surface area (Å²) in [6.07, 6.45) is 4.03. The van der Waals surface area contributed by atoms with Crippen LogP contribution in [0.1, 0.15) is 64.7 Å². The van der Waals surface area contributed by atoms with Gasteiger partial charge >= 0.3 is 5.97 Å². The molecule has 2 fully saturated rings. The lowest BCUT2D eigenvalue weighted by molar-refractivity contribution is -0.196. The highest BCUT2D eigenvalue weighted by molar-refractivity contribution is 5.67. The van der Waals surface area contributed by atoms with Crippen molar-refractivity contribution >= 4 is 5.97 Å². The van der Waals surface area contributed by atoms with Crippen LogP contribution >= 0.6 is 0 Å². The van der Waals surface area contributed by atoms with Crippen molar-refractivity contribution in [2.45, 2.75) is 89.3 Å². The van der Waals surface area contributed by atoms with Crippen molar-refractivity contribution in [3.8, 4) is 11.8 Å². The summed E-state index contributed by atoms with van der Waals surface area (Å²) in [6.45, 7) is 2.71. The Morgan fingerprint density at radius 1 is 1.35 bits per heavy atom. The number of rotatable bonds is 8. The van der Waals surface area contributed by atoms with Crippen LogP contribution < -0.4 is 0 Å². The lowest BCUT2D eigenvalue weighted by atomic mass is 9.86. The molecule has 0 bridgehead atoms. The average molecular weight is 368 g/mol. The van der Waals surface area contributed by atoms with E-state index < -0.39 is 18.2 Å². The largest absolute Gasteiger partial charge is 0.481 e. The van der Waals surface area contributed by atoms with Crippen molar-refractivity contribution < 1.29 is 29.6 Å². The molecule has 0 aromatic heterocycles. The summed E-state index contributed by atoms with van der Waals surface area (Å²) in [5.74, 6) is 4.38. The van der Waals surface area contributed by atoms with E-state index in [1.165, 1.54) is 0 Å². The Kier molecular flexibility index (Phi) is 8.86. The molecule has 2 rings (SSSR count). The molecule has 1 saturated heterocycles. The molecule has 0 amide bonds. The second kappa shape index (κ2) is 10.9. The highest BCUT2D eigenvalue weighted by Gasteiger charge is 2.44. The molecule has 26 heavy (non-hydrogen) atoms. The zero-order chi connectivity index (χ0) is 18.9. The van der Waals surface area contributed by atoms with Crippen LogP contribution in [0.25, 0.3) is 0 Å². The first kappa shape index (κ1) is 21.2. The van der Waals surface area contributed by atoms with E-state index >= 15 is 0 Å². The molecule has 1 aliphatic heterocycles. The first-order chi connectivity index (χ1) is 12.5. The number of ether oxygens (including phenoxy) is 2. The maximum absolute atomic E-state index is 11.2. The van der Waals surface area contributed by atoms with E-state index in [0.29, 0.717) is 25.9 Å². The van der Waals surface area contributed by atoms with Gasteiger partial charge in [0, 0.05) is 25.4 Å². The van der Waals surface area contributed by atoms with Gasteiger partial charge in [-0.15, -0.1) is 5.92 Å². The Bertz CT molecular complexity index is 490. The lowest BCUT2D eigenvalue weighted by Crippen LogP contribution is -2.32. The van der Waals surface area contributed by atoms with E-state index in [9.17, 15) is 20.1 Å². The fraction of sp³-hybridized carbons (Fsp3) is 0.850. The fourth-order valence-electron chi connectivity index (χ4n) is 3.95. The number of carboxylic acid groups (broad SMARTS) is 1. The third kappa shape index (κ3) is 6.55. The van der Waals surface area contributed by atoms with Gasteiger partial charge in [-0.05, 0) is 44.4 Å². The molecule has 6 heteroatoms. The van der Waals surface area contributed by atoms with Gasteiger partial charge in [-0.25, -0.2) is 0 Å². The van der Waals surface area contributed by atoms with Gasteiger partial charge in [0.1, 0.15) is 6.10 Å². The lowest BCUT2D eigenvalue weighted by Gasteiger charge is -2.30. The third-order valence-corrected chi connectivity index (χ3v) is 5.29. The average Bonchev–Trinajstić information content (AvgIpc) is 2.88. The van der Waals surface area contributed by atoms with Gasteiger partial charge < -0.3 is 24.8 Å². The van der Waals surface area contributed by atoms with Gasteiger partial charge in [-0.2, -0.15) is 0 Å². The van der Waals surface area contributed by atoms with Gasteiger partial charge in [-0.1, -0.05) is 12.8 Å². The molecule has 1 saturated carbocycles. The number of hydrogen-bond acceptors (Lipinski definition) is 5. The summed E-state index contributed by atoms with van der Waals surface area (Å²) in [4.78, 5) is 11.2. The Morgan fingerprint density at radius 2 is 2.15 bits per heavy atom. The minimum Gasteiger partial charge on any atom is -0.481 e. The highest BCUT2D eigenvalue weighted by atomic mass is 16.7. The maximum atomic E-state index is 11.2. The smallest absolute Gasteiger partial charge is 0.303 e. The predicted octanol–water partition coefficient (Wildman–Crippen LogP) is 2.31. The maximum Gasteiger partial charge on any atom is 0.303 e. The van der Waals surface area contributed by atoms with Crippen LogP contribution in [0.5, 0.6) is 0 Å².